The van der Waals surface area contributed by atoms with Gasteiger partial charge in [0.25, 0.3) is 0 Å². The number of anilines is 1. The first-order valence-corrected chi connectivity index (χ1v) is 12.0. The van der Waals surface area contributed by atoms with E-state index in [2.05, 4.69) is 14.7 Å². The Labute approximate surface area is 186 Å². The standard InChI is InChI=1S/C21H26N4O4S2/c1-14(22)12-20(31(26,27)18-10-8-17(29-3)9-11-18)24-21-23-19(25-30-21)13-15-4-6-16(28-2)7-5-15/h4-11,14,20H,12-13,22H2,1-3H3,(H,23,24,25). The van der Waals surface area contributed by atoms with Gasteiger partial charge in [-0.3, -0.25) is 0 Å². The van der Waals surface area contributed by atoms with Crippen LogP contribution in [-0.4, -0.2) is 43.4 Å². The zero-order valence-electron chi connectivity index (χ0n) is 17.6. The van der Waals surface area contributed by atoms with Crippen molar-refractivity contribution < 1.29 is 17.9 Å². The van der Waals surface area contributed by atoms with Gasteiger partial charge in [0.2, 0.25) is 5.13 Å². The average molecular weight is 463 g/mol. The van der Waals surface area contributed by atoms with Gasteiger partial charge >= 0.3 is 0 Å². The van der Waals surface area contributed by atoms with Crippen molar-refractivity contribution in [2.75, 3.05) is 19.5 Å². The molecule has 2 aromatic carbocycles. The molecule has 0 fully saturated rings. The highest BCUT2D eigenvalue weighted by atomic mass is 32.2. The van der Waals surface area contributed by atoms with E-state index in [0.717, 1.165) is 22.8 Å². The molecule has 0 aliphatic rings. The molecule has 10 heteroatoms. The van der Waals surface area contributed by atoms with Crippen LogP contribution in [0.5, 0.6) is 11.5 Å². The van der Waals surface area contributed by atoms with Crippen LogP contribution in [0.15, 0.2) is 53.4 Å². The van der Waals surface area contributed by atoms with Crippen LogP contribution in [0.25, 0.3) is 0 Å². The van der Waals surface area contributed by atoms with Crippen LogP contribution in [-0.2, 0) is 16.3 Å². The molecule has 1 aromatic heterocycles. The summed E-state index contributed by atoms with van der Waals surface area (Å²) in [7, 11) is -0.549. The number of methoxy groups -OCH3 is 2. The van der Waals surface area contributed by atoms with Crippen LogP contribution >= 0.6 is 11.5 Å². The topological polar surface area (TPSA) is 116 Å². The molecular formula is C21H26N4O4S2. The molecule has 8 nitrogen and oxygen atoms in total. The Kier molecular flexibility index (Phi) is 7.47. The highest BCUT2D eigenvalue weighted by Crippen LogP contribution is 2.25. The minimum atomic E-state index is -3.70. The zero-order valence-corrected chi connectivity index (χ0v) is 19.2. The summed E-state index contributed by atoms with van der Waals surface area (Å²) in [5, 5.41) is 2.54. The number of ether oxygens (including phenoxy) is 2. The maximum atomic E-state index is 13.2. The second kappa shape index (κ2) is 10.1. The quantitative estimate of drug-likeness (QED) is 0.472. The highest BCUT2D eigenvalue weighted by molar-refractivity contribution is 7.92. The van der Waals surface area contributed by atoms with E-state index in [9.17, 15) is 8.42 Å². The van der Waals surface area contributed by atoms with Crippen LogP contribution in [0.3, 0.4) is 0 Å². The first-order valence-electron chi connectivity index (χ1n) is 9.67. The van der Waals surface area contributed by atoms with E-state index in [1.54, 1.807) is 26.2 Å². The number of benzene rings is 2. The molecule has 2 atom stereocenters. The summed E-state index contributed by atoms with van der Waals surface area (Å²) in [6.07, 6.45) is 0.757. The molecule has 1 heterocycles. The minimum absolute atomic E-state index is 0.189. The first-order chi connectivity index (χ1) is 14.8. The van der Waals surface area contributed by atoms with Gasteiger partial charge in [-0.2, -0.15) is 4.37 Å². The van der Waals surface area contributed by atoms with Crippen molar-refractivity contribution >= 4 is 26.5 Å². The zero-order chi connectivity index (χ0) is 22.4. The van der Waals surface area contributed by atoms with E-state index in [1.807, 2.05) is 24.3 Å². The van der Waals surface area contributed by atoms with E-state index in [1.165, 1.54) is 19.2 Å². The van der Waals surface area contributed by atoms with Crippen LogP contribution < -0.4 is 20.5 Å². The van der Waals surface area contributed by atoms with Gasteiger partial charge in [0.05, 0.1) is 19.1 Å². The summed E-state index contributed by atoms with van der Waals surface area (Å²) >= 11 is 1.13. The lowest BCUT2D eigenvalue weighted by atomic mass is 10.1. The summed E-state index contributed by atoms with van der Waals surface area (Å²) < 4.78 is 41.1. The van der Waals surface area contributed by atoms with Gasteiger partial charge in [-0.05, 0) is 55.3 Å². The molecule has 0 saturated heterocycles. The number of nitrogens with two attached hydrogens (primary N) is 1. The van der Waals surface area contributed by atoms with Gasteiger partial charge in [-0.15, -0.1) is 0 Å². The number of nitrogens with zero attached hydrogens (tertiary/aromatic N) is 2. The molecule has 0 aliphatic heterocycles. The number of aromatic nitrogens is 2. The summed E-state index contributed by atoms with van der Waals surface area (Å²) in [4.78, 5) is 4.66. The lowest BCUT2D eigenvalue weighted by Crippen LogP contribution is -2.35. The van der Waals surface area contributed by atoms with Crippen molar-refractivity contribution in [3.63, 3.8) is 0 Å². The van der Waals surface area contributed by atoms with Gasteiger partial charge in [0.15, 0.2) is 9.84 Å². The fourth-order valence-corrected chi connectivity index (χ4v) is 5.36. The largest absolute Gasteiger partial charge is 0.497 e. The summed E-state index contributed by atoms with van der Waals surface area (Å²) in [6, 6.07) is 13.6. The molecule has 3 rings (SSSR count). The molecule has 0 spiro atoms. The molecule has 0 saturated carbocycles. The molecule has 3 aromatic rings. The lowest BCUT2D eigenvalue weighted by Gasteiger charge is -2.20. The Morgan fingerprint density at radius 3 is 2.16 bits per heavy atom. The van der Waals surface area contributed by atoms with Gasteiger partial charge in [0.1, 0.15) is 22.7 Å². The third kappa shape index (κ3) is 5.93. The molecule has 0 amide bonds. The smallest absolute Gasteiger partial charge is 0.203 e. The molecule has 0 bridgehead atoms. The number of rotatable bonds is 10. The fraction of sp³-hybridized carbons (Fsp3) is 0.333. The van der Waals surface area contributed by atoms with Gasteiger partial charge < -0.3 is 20.5 Å². The van der Waals surface area contributed by atoms with Crippen molar-refractivity contribution in [1.29, 1.82) is 0 Å². The Hall–Kier alpha value is -2.69. The Morgan fingerprint density at radius 2 is 1.61 bits per heavy atom. The van der Waals surface area contributed by atoms with Crippen LogP contribution in [0.4, 0.5) is 5.13 Å². The average Bonchev–Trinajstić information content (AvgIpc) is 3.20. The van der Waals surface area contributed by atoms with Crippen molar-refractivity contribution in [3.05, 3.63) is 59.9 Å². The predicted octanol–water partition coefficient (Wildman–Crippen LogP) is 3.10. The van der Waals surface area contributed by atoms with E-state index in [0.29, 0.717) is 23.1 Å². The molecule has 0 aliphatic carbocycles. The summed E-state index contributed by atoms with van der Waals surface area (Å²) in [5.41, 5.74) is 6.96. The van der Waals surface area contributed by atoms with Crippen molar-refractivity contribution in [3.8, 4) is 11.5 Å². The first kappa shape index (κ1) is 23.0. The maximum Gasteiger partial charge on any atom is 0.203 e. The second-order valence-corrected chi connectivity index (χ2v) is 9.99. The molecule has 3 N–H and O–H groups in total. The molecule has 166 valence electrons. The van der Waals surface area contributed by atoms with Crippen LogP contribution in [0.2, 0.25) is 0 Å². The maximum absolute atomic E-state index is 13.2. The van der Waals surface area contributed by atoms with Crippen LogP contribution in [0.1, 0.15) is 24.7 Å². The lowest BCUT2D eigenvalue weighted by molar-refractivity contribution is 0.414. The summed E-state index contributed by atoms with van der Waals surface area (Å²) in [5.74, 6) is 1.97. The van der Waals surface area contributed by atoms with Gasteiger partial charge in [-0.1, -0.05) is 12.1 Å². The van der Waals surface area contributed by atoms with E-state index in [4.69, 9.17) is 15.2 Å². The third-order valence-electron chi connectivity index (χ3n) is 4.62. The normalized spacial score (nSPS) is 13.4. The van der Waals surface area contributed by atoms with Crippen molar-refractivity contribution in [1.82, 2.24) is 9.36 Å². The number of nitrogens with one attached hydrogen (secondary N) is 1. The Balaban J connectivity index is 1.77. The van der Waals surface area contributed by atoms with Gasteiger partial charge in [-0.25, -0.2) is 13.4 Å². The highest BCUT2D eigenvalue weighted by Gasteiger charge is 2.29. The van der Waals surface area contributed by atoms with Crippen molar-refractivity contribution in [2.24, 2.45) is 5.73 Å². The third-order valence-corrected chi connectivity index (χ3v) is 7.30. The van der Waals surface area contributed by atoms with E-state index < -0.39 is 15.2 Å². The van der Waals surface area contributed by atoms with Gasteiger partial charge in [0, 0.05) is 24.0 Å². The van der Waals surface area contributed by atoms with Crippen LogP contribution in [0, 0.1) is 0 Å². The number of hydrogen-bond acceptors (Lipinski definition) is 9. The Morgan fingerprint density at radius 1 is 1.03 bits per heavy atom. The SMILES string of the molecule is COc1ccc(Cc2nsc(NC(CC(C)N)S(=O)(=O)c3ccc(OC)cc3)n2)cc1. The van der Waals surface area contributed by atoms with E-state index in [-0.39, 0.29) is 17.4 Å². The fourth-order valence-electron chi connectivity index (χ4n) is 2.98. The number of sulfone groups is 1. The predicted molar refractivity (Wildman–Crippen MR) is 122 cm³/mol. The molecule has 2 unspecified atom stereocenters. The Bertz CT molecular complexity index is 1080. The van der Waals surface area contributed by atoms with E-state index >= 15 is 0 Å². The summed E-state index contributed by atoms with van der Waals surface area (Å²) in [6.45, 7) is 1.77. The number of hydrogen-bond donors (Lipinski definition) is 2. The van der Waals surface area contributed by atoms with Crippen molar-refractivity contribution in [2.45, 2.75) is 36.1 Å². The monoisotopic (exact) mass is 462 g/mol. The second-order valence-electron chi connectivity index (χ2n) is 7.11. The molecule has 0 radical (unpaired) electrons. The molecular weight excluding hydrogens is 436 g/mol. The molecule has 31 heavy (non-hydrogen) atoms. The minimum Gasteiger partial charge on any atom is -0.497 e.